The number of esters is 1. The van der Waals surface area contributed by atoms with Crippen LogP contribution in [-0.2, 0) is 14.3 Å². The molecular weight excluding hydrogens is 320 g/mol. The smallest absolute Gasteiger partial charge is 0.334 e. The molecule has 4 unspecified atom stereocenters. The molecule has 0 aromatic heterocycles. The van der Waals surface area contributed by atoms with Gasteiger partial charge in [0.1, 0.15) is 11.9 Å². The molecule has 0 saturated heterocycles. The Labute approximate surface area is 149 Å². The molecule has 0 spiro atoms. The zero-order chi connectivity index (χ0) is 19.0. The molecule has 5 nitrogen and oxygen atoms in total. The van der Waals surface area contributed by atoms with Gasteiger partial charge in [-0.15, -0.1) is 0 Å². The Kier molecular flexibility index (Phi) is 5.59. The van der Waals surface area contributed by atoms with Crippen LogP contribution in [0.2, 0.25) is 0 Å². The van der Waals surface area contributed by atoms with Crippen molar-refractivity contribution in [3.63, 3.8) is 0 Å². The van der Waals surface area contributed by atoms with Crippen molar-refractivity contribution in [2.75, 3.05) is 6.61 Å². The van der Waals surface area contributed by atoms with Crippen LogP contribution in [0.25, 0.3) is 0 Å². The van der Waals surface area contributed by atoms with Crippen LogP contribution in [0.15, 0.2) is 23.3 Å². The van der Waals surface area contributed by atoms with Crippen molar-refractivity contribution in [2.45, 2.75) is 65.6 Å². The molecule has 2 rings (SSSR count). The average Bonchev–Trinajstić information content (AvgIpc) is 2.71. The van der Waals surface area contributed by atoms with Gasteiger partial charge in [0.15, 0.2) is 0 Å². The number of aliphatic hydroxyl groups excluding tert-OH is 1. The second-order valence-corrected chi connectivity index (χ2v) is 7.89. The quantitative estimate of drug-likeness (QED) is 0.462. The average molecular weight is 350 g/mol. The minimum Gasteiger partial charge on any atom is -0.454 e. The van der Waals surface area contributed by atoms with Crippen LogP contribution in [0.5, 0.6) is 0 Å². The highest BCUT2D eigenvalue weighted by atomic mass is 16.5. The maximum absolute atomic E-state index is 13.0. The first-order valence-corrected chi connectivity index (χ1v) is 9.01. The van der Waals surface area contributed by atoms with Gasteiger partial charge >= 0.3 is 5.97 Å². The highest BCUT2D eigenvalue weighted by molar-refractivity contribution is 5.92. The van der Waals surface area contributed by atoms with E-state index in [0.717, 1.165) is 0 Å². The zero-order valence-corrected chi connectivity index (χ0v) is 15.8. The molecule has 0 amide bonds. The highest BCUT2D eigenvalue weighted by Gasteiger charge is 2.66. The van der Waals surface area contributed by atoms with Gasteiger partial charge in [-0.25, -0.2) is 4.79 Å². The first-order valence-electron chi connectivity index (χ1n) is 9.01. The van der Waals surface area contributed by atoms with Gasteiger partial charge in [-0.1, -0.05) is 19.9 Å². The summed E-state index contributed by atoms with van der Waals surface area (Å²) in [5, 5.41) is 21.2. The van der Waals surface area contributed by atoms with Crippen molar-refractivity contribution in [3.05, 3.63) is 23.3 Å². The second-order valence-electron chi connectivity index (χ2n) is 7.89. The topological polar surface area (TPSA) is 83.8 Å². The van der Waals surface area contributed by atoms with Gasteiger partial charge in [0.2, 0.25) is 0 Å². The Morgan fingerprint density at radius 3 is 2.64 bits per heavy atom. The number of hydrogen-bond acceptors (Lipinski definition) is 5. The summed E-state index contributed by atoms with van der Waals surface area (Å²) in [7, 11) is 0. The molecule has 1 saturated carbocycles. The van der Waals surface area contributed by atoms with E-state index in [1.165, 1.54) is 0 Å². The van der Waals surface area contributed by atoms with Gasteiger partial charge in [-0.3, -0.25) is 4.79 Å². The summed E-state index contributed by atoms with van der Waals surface area (Å²) in [6.45, 7) is 8.92. The van der Waals surface area contributed by atoms with Crippen LogP contribution < -0.4 is 0 Å². The number of hydrogen-bond donors (Lipinski definition) is 2. The highest BCUT2D eigenvalue weighted by Crippen LogP contribution is 2.56. The number of rotatable bonds is 4. The van der Waals surface area contributed by atoms with Crippen LogP contribution in [0.1, 0.15) is 53.9 Å². The van der Waals surface area contributed by atoms with Crippen molar-refractivity contribution >= 4 is 11.8 Å². The van der Waals surface area contributed by atoms with Crippen molar-refractivity contribution in [2.24, 2.45) is 17.3 Å². The molecule has 0 aromatic rings. The Hall–Kier alpha value is -1.46. The minimum atomic E-state index is -1.26. The van der Waals surface area contributed by atoms with Crippen LogP contribution in [0.3, 0.4) is 0 Å². The maximum Gasteiger partial charge on any atom is 0.334 e. The molecule has 0 radical (unpaired) electrons. The number of allylic oxidation sites excluding steroid dienone is 1. The van der Waals surface area contributed by atoms with Crippen molar-refractivity contribution in [1.82, 2.24) is 0 Å². The first-order chi connectivity index (χ1) is 11.6. The number of ether oxygens (including phenoxy) is 1. The lowest BCUT2D eigenvalue weighted by molar-refractivity contribution is -0.171. The number of aliphatic hydroxyl groups is 2. The lowest BCUT2D eigenvalue weighted by Crippen LogP contribution is -2.56. The summed E-state index contributed by atoms with van der Waals surface area (Å²) in [5.74, 6) is -0.659. The molecule has 0 aromatic carbocycles. The summed E-state index contributed by atoms with van der Waals surface area (Å²) in [5.41, 5.74) is -1.33. The van der Waals surface area contributed by atoms with Gasteiger partial charge in [-0.05, 0) is 57.1 Å². The lowest BCUT2D eigenvalue weighted by Gasteiger charge is -2.44. The number of fused-ring (bicyclic) bond motifs is 1. The fourth-order valence-corrected chi connectivity index (χ4v) is 4.27. The summed E-state index contributed by atoms with van der Waals surface area (Å²) in [6, 6.07) is 0. The number of carbonyl (C=O) groups excluding carboxylic acids is 2. The van der Waals surface area contributed by atoms with E-state index in [1.807, 2.05) is 13.8 Å². The van der Waals surface area contributed by atoms with Crippen LogP contribution in [0, 0.1) is 17.3 Å². The van der Waals surface area contributed by atoms with E-state index >= 15 is 0 Å². The maximum atomic E-state index is 13.0. The van der Waals surface area contributed by atoms with E-state index < -0.39 is 23.1 Å². The fourth-order valence-electron chi connectivity index (χ4n) is 4.27. The van der Waals surface area contributed by atoms with Gasteiger partial charge < -0.3 is 14.9 Å². The van der Waals surface area contributed by atoms with E-state index in [-0.39, 0.29) is 30.6 Å². The Morgan fingerprint density at radius 1 is 1.48 bits per heavy atom. The van der Waals surface area contributed by atoms with Crippen LogP contribution in [0.4, 0.5) is 0 Å². The van der Waals surface area contributed by atoms with Gasteiger partial charge in [0, 0.05) is 12.0 Å². The van der Waals surface area contributed by atoms with Gasteiger partial charge in [-0.2, -0.15) is 0 Å². The Morgan fingerprint density at radius 2 is 2.12 bits per heavy atom. The SMILES string of the molecule is CC=C(C)C(=O)OC1C=C(CO)CCC2(O)C(C(C)C)CC(=O)C12C. The van der Waals surface area contributed by atoms with Crippen LogP contribution in [-0.4, -0.2) is 40.3 Å². The molecule has 4 atom stereocenters. The molecule has 2 N–H and O–H groups in total. The molecule has 2 aliphatic carbocycles. The summed E-state index contributed by atoms with van der Waals surface area (Å²) in [6.07, 6.45) is 3.57. The molecule has 0 heterocycles. The number of carbonyl (C=O) groups is 2. The number of Topliss-reactive ketones (excluding diaryl/α,β-unsaturated/α-hetero) is 1. The van der Waals surface area contributed by atoms with E-state index in [0.29, 0.717) is 24.0 Å². The predicted molar refractivity (Wildman–Crippen MR) is 94.7 cm³/mol. The first kappa shape index (κ1) is 19.9. The largest absolute Gasteiger partial charge is 0.454 e. The molecular formula is C20H30O5. The Bertz CT molecular complexity index is 618. The van der Waals surface area contributed by atoms with E-state index in [2.05, 4.69) is 0 Å². The third kappa shape index (κ3) is 3.08. The second kappa shape index (κ2) is 7.04. The predicted octanol–water partition coefficient (Wildman–Crippen LogP) is 2.56. The van der Waals surface area contributed by atoms with E-state index in [1.54, 1.807) is 32.9 Å². The van der Waals surface area contributed by atoms with E-state index in [4.69, 9.17) is 4.74 Å². The molecule has 25 heavy (non-hydrogen) atoms. The third-order valence-corrected chi connectivity index (χ3v) is 6.28. The third-order valence-electron chi connectivity index (χ3n) is 6.28. The number of ketones is 1. The summed E-state index contributed by atoms with van der Waals surface area (Å²) >= 11 is 0. The standard InChI is InChI=1S/C20H30O5/c1-6-13(4)18(23)25-17-9-14(11-21)7-8-20(24)15(12(2)3)10-16(22)19(17,20)5/h6,9,12,15,17,21,24H,7-8,10-11H2,1-5H3. The molecule has 1 fully saturated rings. The zero-order valence-electron chi connectivity index (χ0n) is 15.8. The van der Waals surface area contributed by atoms with Crippen molar-refractivity contribution in [3.8, 4) is 0 Å². The lowest BCUT2D eigenvalue weighted by atomic mass is 9.65. The molecule has 140 valence electrons. The summed E-state index contributed by atoms with van der Waals surface area (Å²) < 4.78 is 5.66. The molecule has 5 heteroatoms. The van der Waals surface area contributed by atoms with Gasteiger partial charge in [0.25, 0.3) is 0 Å². The van der Waals surface area contributed by atoms with E-state index in [9.17, 15) is 19.8 Å². The monoisotopic (exact) mass is 350 g/mol. The molecule has 2 aliphatic rings. The minimum absolute atomic E-state index is 0.0833. The Balaban J connectivity index is 2.53. The van der Waals surface area contributed by atoms with Crippen LogP contribution >= 0.6 is 0 Å². The van der Waals surface area contributed by atoms with Crippen molar-refractivity contribution < 1.29 is 24.5 Å². The van der Waals surface area contributed by atoms with Crippen molar-refractivity contribution in [1.29, 1.82) is 0 Å². The summed E-state index contributed by atoms with van der Waals surface area (Å²) in [4.78, 5) is 25.3. The van der Waals surface area contributed by atoms with Gasteiger partial charge in [0.05, 0.1) is 17.6 Å². The normalized spacial score (nSPS) is 36.1. The molecule has 0 aliphatic heterocycles. The fraction of sp³-hybridized carbons (Fsp3) is 0.700. The molecule has 0 bridgehead atoms.